The number of rotatable bonds is 4. The van der Waals surface area contributed by atoms with Gasteiger partial charge in [0.1, 0.15) is 24.1 Å². The summed E-state index contributed by atoms with van der Waals surface area (Å²) >= 11 is 0. The first-order valence-corrected chi connectivity index (χ1v) is 12.2. The number of nitrogens with zero attached hydrogens (tertiary/aromatic N) is 2. The Bertz CT molecular complexity index is 758. The fourth-order valence-corrected chi connectivity index (χ4v) is 4.16. The van der Waals surface area contributed by atoms with E-state index in [4.69, 9.17) is 24.4 Å². The predicted octanol–water partition coefficient (Wildman–Crippen LogP) is 2.26. The summed E-state index contributed by atoms with van der Waals surface area (Å²) in [6, 6.07) is 1.57. The summed E-state index contributed by atoms with van der Waals surface area (Å²) in [6.07, 6.45) is -0.126. The largest absolute Gasteiger partial charge is 0.414 e. The minimum Gasteiger partial charge on any atom is -0.414 e. The number of aromatic nitrogens is 2. The van der Waals surface area contributed by atoms with Crippen molar-refractivity contribution in [3.05, 3.63) is 22.7 Å². The van der Waals surface area contributed by atoms with Gasteiger partial charge in [0, 0.05) is 6.20 Å². The fourth-order valence-electron chi connectivity index (χ4n) is 3.14. The maximum Gasteiger partial charge on any atom is 0.351 e. The third kappa shape index (κ3) is 3.97. The first kappa shape index (κ1) is 20.5. The normalized spacial score (nSPS) is 30.5. The Morgan fingerprint density at radius 2 is 1.93 bits per heavy atom. The maximum atomic E-state index is 12.3. The summed E-state index contributed by atoms with van der Waals surface area (Å²) < 4.78 is 26.0. The highest BCUT2D eigenvalue weighted by Crippen LogP contribution is 2.44. The standard InChI is InChI=1S/C18H31N3O5Si/c1-17(2,3)27(6,7)23-10-11-13-14(26-18(4,5)25-13)15(24-11)21-9-8-12(19)20-16(21)22/h8-9,11,13-15H,10H2,1-7H3,(H2,19,20,22)/t11-,13-,14-,15-/m1/s1. The maximum absolute atomic E-state index is 12.3. The Labute approximate surface area is 161 Å². The van der Waals surface area contributed by atoms with Crippen LogP contribution in [0.25, 0.3) is 0 Å². The van der Waals surface area contributed by atoms with Gasteiger partial charge in [-0.2, -0.15) is 4.98 Å². The van der Waals surface area contributed by atoms with Gasteiger partial charge in [0.05, 0.1) is 6.61 Å². The van der Waals surface area contributed by atoms with E-state index < -0.39 is 32.1 Å². The van der Waals surface area contributed by atoms with E-state index in [9.17, 15) is 4.79 Å². The van der Waals surface area contributed by atoms with Crippen LogP contribution in [0.15, 0.2) is 17.1 Å². The third-order valence-corrected chi connectivity index (χ3v) is 10.2. The molecule has 8 nitrogen and oxygen atoms in total. The van der Waals surface area contributed by atoms with Crippen molar-refractivity contribution in [2.45, 2.75) is 83.1 Å². The Kier molecular flexibility index (Phi) is 5.05. The van der Waals surface area contributed by atoms with E-state index in [1.54, 1.807) is 12.3 Å². The smallest absolute Gasteiger partial charge is 0.351 e. The number of nitrogen functional groups attached to an aromatic ring is 1. The van der Waals surface area contributed by atoms with Crippen LogP contribution >= 0.6 is 0 Å². The van der Waals surface area contributed by atoms with Crippen LogP contribution in [0, 0.1) is 0 Å². The number of anilines is 1. The number of fused-ring (bicyclic) bond motifs is 1. The molecular formula is C18H31N3O5Si. The Morgan fingerprint density at radius 3 is 2.52 bits per heavy atom. The van der Waals surface area contributed by atoms with E-state index in [0.717, 1.165) is 0 Å². The molecule has 2 saturated heterocycles. The van der Waals surface area contributed by atoms with Gasteiger partial charge in [-0.3, -0.25) is 4.57 Å². The van der Waals surface area contributed by atoms with E-state index in [1.165, 1.54) is 4.57 Å². The molecule has 2 aliphatic heterocycles. The molecule has 0 saturated carbocycles. The number of ether oxygens (including phenoxy) is 3. The van der Waals surface area contributed by atoms with Crippen molar-refractivity contribution in [3.63, 3.8) is 0 Å². The second kappa shape index (κ2) is 6.66. The second-order valence-corrected chi connectivity index (χ2v) is 14.1. The third-order valence-electron chi connectivity index (χ3n) is 5.67. The zero-order valence-electron chi connectivity index (χ0n) is 17.2. The molecule has 2 fully saturated rings. The lowest BCUT2D eigenvalue weighted by Gasteiger charge is -2.37. The predicted molar refractivity (Wildman–Crippen MR) is 104 cm³/mol. The van der Waals surface area contributed by atoms with Gasteiger partial charge in [-0.05, 0) is 38.0 Å². The molecule has 0 aliphatic carbocycles. The molecular weight excluding hydrogens is 366 g/mol. The van der Waals surface area contributed by atoms with Crippen molar-refractivity contribution in [1.29, 1.82) is 0 Å². The number of hydrogen-bond donors (Lipinski definition) is 1. The Morgan fingerprint density at radius 1 is 1.30 bits per heavy atom. The van der Waals surface area contributed by atoms with Crippen molar-refractivity contribution < 1.29 is 18.6 Å². The molecule has 0 bridgehead atoms. The lowest BCUT2D eigenvalue weighted by Crippen LogP contribution is -2.44. The van der Waals surface area contributed by atoms with Crippen LogP contribution in [-0.4, -0.2) is 48.6 Å². The first-order chi connectivity index (χ1) is 12.3. The van der Waals surface area contributed by atoms with Gasteiger partial charge in [-0.1, -0.05) is 20.8 Å². The molecule has 3 rings (SSSR count). The summed E-state index contributed by atoms with van der Waals surface area (Å²) in [5, 5.41) is 0.0918. The van der Waals surface area contributed by atoms with Gasteiger partial charge in [0.15, 0.2) is 20.3 Å². The lowest BCUT2D eigenvalue weighted by atomic mass is 10.1. The van der Waals surface area contributed by atoms with E-state index in [-0.39, 0.29) is 23.1 Å². The summed E-state index contributed by atoms with van der Waals surface area (Å²) in [6.45, 7) is 15.1. The average molecular weight is 398 g/mol. The van der Waals surface area contributed by atoms with Gasteiger partial charge < -0.3 is 24.4 Å². The van der Waals surface area contributed by atoms with Gasteiger partial charge in [-0.15, -0.1) is 0 Å². The zero-order valence-corrected chi connectivity index (χ0v) is 18.2. The summed E-state index contributed by atoms with van der Waals surface area (Å²) in [7, 11) is -1.95. The van der Waals surface area contributed by atoms with Gasteiger partial charge in [0.25, 0.3) is 0 Å². The lowest BCUT2D eigenvalue weighted by molar-refractivity contribution is -0.200. The molecule has 0 radical (unpaired) electrons. The molecule has 0 spiro atoms. The van der Waals surface area contributed by atoms with E-state index in [1.807, 2.05) is 13.8 Å². The average Bonchev–Trinajstić information content (AvgIpc) is 2.98. The van der Waals surface area contributed by atoms with Crippen molar-refractivity contribution in [2.75, 3.05) is 12.3 Å². The highest BCUT2D eigenvalue weighted by molar-refractivity contribution is 6.74. The van der Waals surface area contributed by atoms with Crippen molar-refractivity contribution in [3.8, 4) is 0 Å². The first-order valence-electron chi connectivity index (χ1n) is 9.30. The van der Waals surface area contributed by atoms with Crippen molar-refractivity contribution in [1.82, 2.24) is 9.55 Å². The van der Waals surface area contributed by atoms with E-state index in [2.05, 4.69) is 38.8 Å². The fraction of sp³-hybridized carbons (Fsp3) is 0.778. The molecule has 152 valence electrons. The minimum atomic E-state index is -1.95. The van der Waals surface area contributed by atoms with Crippen LogP contribution < -0.4 is 11.4 Å². The number of nitrogens with two attached hydrogens (primary N) is 1. The van der Waals surface area contributed by atoms with Crippen LogP contribution in [0.2, 0.25) is 18.1 Å². The van der Waals surface area contributed by atoms with E-state index >= 15 is 0 Å². The van der Waals surface area contributed by atoms with E-state index in [0.29, 0.717) is 6.61 Å². The molecule has 1 aromatic rings. The van der Waals surface area contributed by atoms with Gasteiger partial charge >= 0.3 is 5.69 Å². The molecule has 2 N–H and O–H groups in total. The topological polar surface area (TPSA) is 97.8 Å². The van der Waals surface area contributed by atoms with Crippen LogP contribution in [0.3, 0.4) is 0 Å². The summed E-state index contributed by atoms with van der Waals surface area (Å²) in [4.78, 5) is 16.1. The summed E-state index contributed by atoms with van der Waals surface area (Å²) in [5.41, 5.74) is 5.13. The highest BCUT2D eigenvalue weighted by Gasteiger charge is 2.56. The quantitative estimate of drug-likeness (QED) is 0.778. The SMILES string of the molecule is CC1(C)O[C@@H]2[C@H](O1)[C@@H](CO[Si](C)(C)C(C)(C)C)O[C@H]2n1ccc(N)nc1=O. The molecule has 1 aromatic heterocycles. The molecule has 0 aromatic carbocycles. The van der Waals surface area contributed by atoms with Crippen molar-refractivity contribution >= 4 is 14.1 Å². The molecule has 3 heterocycles. The molecule has 9 heteroatoms. The van der Waals surface area contributed by atoms with Gasteiger partial charge in [0.2, 0.25) is 0 Å². The van der Waals surface area contributed by atoms with Crippen LogP contribution in [0.4, 0.5) is 5.82 Å². The Balaban J connectivity index is 1.83. The van der Waals surface area contributed by atoms with Gasteiger partial charge in [-0.25, -0.2) is 4.79 Å². The monoisotopic (exact) mass is 397 g/mol. The second-order valence-electron chi connectivity index (χ2n) is 9.24. The molecule has 4 atom stereocenters. The van der Waals surface area contributed by atoms with Crippen LogP contribution in [-0.2, 0) is 18.6 Å². The highest BCUT2D eigenvalue weighted by atomic mass is 28.4. The van der Waals surface area contributed by atoms with Crippen molar-refractivity contribution in [2.24, 2.45) is 0 Å². The minimum absolute atomic E-state index is 0.0918. The van der Waals surface area contributed by atoms with Crippen LogP contribution in [0.1, 0.15) is 40.8 Å². The summed E-state index contributed by atoms with van der Waals surface area (Å²) in [5.74, 6) is -0.579. The molecule has 27 heavy (non-hydrogen) atoms. The van der Waals surface area contributed by atoms with Crippen LogP contribution in [0.5, 0.6) is 0 Å². The molecule has 0 unspecified atom stereocenters. The molecule has 0 amide bonds. The zero-order chi connectivity index (χ0) is 20.2. The number of hydrogen-bond acceptors (Lipinski definition) is 7. The molecule has 2 aliphatic rings. The Hall–Kier alpha value is -1.26.